The van der Waals surface area contributed by atoms with Crippen LogP contribution in [0.25, 0.3) is 0 Å². The second-order valence-electron chi connectivity index (χ2n) is 11.6. The molecule has 4 rings (SSSR count). The van der Waals surface area contributed by atoms with E-state index >= 15 is 0 Å². The van der Waals surface area contributed by atoms with Crippen LogP contribution in [0.3, 0.4) is 0 Å². The predicted molar refractivity (Wildman–Crippen MR) is 148 cm³/mol. The summed E-state index contributed by atoms with van der Waals surface area (Å²) in [6, 6.07) is 7.65. The third kappa shape index (κ3) is 6.56. The van der Waals surface area contributed by atoms with E-state index in [9.17, 15) is 23.5 Å². The maximum atomic E-state index is 14.8. The van der Waals surface area contributed by atoms with Gasteiger partial charge in [-0.2, -0.15) is 0 Å². The monoisotopic (exact) mass is 581 g/mol. The Bertz CT molecular complexity index is 1240. The van der Waals surface area contributed by atoms with Crippen molar-refractivity contribution in [1.29, 1.82) is 0 Å². The quantitative estimate of drug-likeness (QED) is 0.500. The van der Waals surface area contributed by atoms with E-state index in [4.69, 9.17) is 23.2 Å². The van der Waals surface area contributed by atoms with Crippen LogP contribution in [-0.4, -0.2) is 82.0 Å². The molecule has 1 N–H and O–H groups in total. The van der Waals surface area contributed by atoms with Crippen LogP contribution in [0, 0.1) is 17.6 Å². The first-order valence-corrected chi connectivity index (χ1v) is 13.9. The molecule has 0 aromatic heterocycles. The number of likely N-dealkylation sites (tertiary alicyclic amines) is 1. The second kappa shape index (κ2) is 11.7. The third-order valence-electron chi connectivity index (χ3n) is 8.04. The molecule has 212 valence electrons. The van der Waals surface area contributed by atoms with Gasteiger partial charge in [-0.1, -0.05) is 35.3 Å². The van der Waals surface area contributed by atoms with Gasteiger partial charge in [-0.05, 0) is 63.4 Å². The highest BCUT2D eigenvalue weighted by molar-refractivity contribution is 6.42. The molecule has 1 amide bonds. The fourth-order valence-corrected chi connectivity index (χ4v) is 6.15. The van der Waals surface area contributed by atoms with Crippen molar-refractivity contribution in [3.63, 3.8) is 0 Å². The van der Waals surface area contributed by atoms with Crippen molar-refractivity contribution in [3.8, 4) is 0 Å². The first-order chi connectivity index (χ1) is 18.3. The SMILES string of the molecule is C[C@@H]1CN(C(=O)[C@@H]2CN(C(C)(C)C)C[C@H]2c2ccc(F)cc2F)CCN1C(Cc1ccc(Cl)c(Cl)c1)C(=O)O. The minimum Gasteiger partial charge on any atom is -0.480 e. The van der Waals surface area contributed by atoms with Crippen LogP contribution in [0.4, 0.5) is 8.78 Å². The Hall–Kier alpha value is -2.26. The number of piperazine rings is 1. The van der Waals surface area contributed by atoms with Gasteiger partial charge in [0.05, 0.1) is 16.0 Å². The summed E-state index contributed by atoms with van der Waals surface area (Å²) in [5, 5.41) is 10.8. The molecule has 1 unspecified atom stereocenters. The van der Waals surface area contributed by atoms with Crippen LogP contribution in [0.15, 0.2) is 36.4 Å². The first kappa shape index (κ1) is 29.7. The number of halogens is 4. The van der Waals surface area contributed by atoms with Crippen molar-refractivity contribution in [2.45, 2.75) is 57.7 Å². The molecule has 10 heteroatoms. The van der Waals surface area contributed by atoms with Crippen LogP contribution in [0.5, 0.6) is 0 Å². The smallest absolute Gasteiger partial charge is 0.321 e. The fourth-order valence-electron chi connectivity index (χ4n) is 5.82. The van der Waals surface area contributed by atoms with Crippen molar-refractivity contribution in [3.05, 3.63) is 69.2 Å². The lowest BCUT2D eigenvalue weighted by molar-refractivity contribution is -0.147. The van der Waals surface area contributed by atoms with Crippen LogP contribution in [-0.2, 0) is 16.0 Å². The lowest BCUT2D eigenvalue weighted by Crippen LogP contribution is -2.60. The highest BCUT2D eigenvalue weighted by Crippen LogP contribution is 2.39. The summed E-state index contributed by atoms with van der Waals surface area (Å²) in [5.74, 6) is -3.22. The van der Waals surface area contributed by atoms with E-state index in [2.05, 4.69) is 25.7 Å². The first-order valence-electron chi connectivity index (χ1n) is 13.2. The standard InChI is InChI=1S/C29H35Cl2F2N3O3/c1-17-14-34(9-10-36(17)26(28(38)39)12-18-5-8-23(30)24(31)11-18)27(37)22-16-35(29(2,3)4)15-21(22)20-7-6-19(32)13-25(20)33/h5-8,11,13,17,21-22,26H,9-10,12,14-16H2,1-4H3,(H,38,39)/t17-,21+,22-,26?/m1/s1. The Morgan fingerprint density at radius 2 is 1.74 bits per heavy atom. The number of nitrogens with zero attached hydrogens (tertiary/aromatic N) is 3. The van der Waals surface area contributed by atoms with E-state index in [0.29, 0.717) is 48.3 Å². The second-order valence-corrected chi connectivity index (χ2v) is 12.4. The molecule has 2 aromatic carbocycles. The van der Waals surface area contributed by atoms with E-state index in [0.717, 1.165) is 11.6 Å². The third-order valence-corrected chi connectivity index (χ3v) is 8.78. The summed E-state index contributed by atoms with van der Waals surface area (Å²) in [6.45, 7) is 10.1. The molecular weight excluding hydrogens is 547 g/mol. The molecule has 0 spiro atoms. The molecule has 2 aliphatic rings. The molecular formula is C29H35Cl2F2N3O3. The maximum absolute atomic E-state index is 14.8. The number of carboxylic acids is 1. The Morgan fingerprint density at radius 3 is 2.33 bits per heavy atom. The predicted octanol–water partition coefficient (Wildman–Crippen LogP) is 5.31. The number of carbonyl (C=O) groups excluding carboxylic acids is 1. The number of carboxylic acid groups (broad SMARTS) is 1. The van der Waals surface area contributed by atoms with E-state index < -0.39 is 35.5 Å². The van der Waals surface area contributed by atoms with Gasteiger partial charge in [0.2, 0.25) is 5.91 Å². The lowest BCUT2D eigenvalue weighted by atomic mass is 9.87. The van der Waals surface area contributed by atoms with Crippen molar-refractivity contribution >= 4 is 35.1 Å². The molecule has 2 fully saturated rings. The molecule has 39 heavy (non-hydrogen) atoms. The van der Waals surface area contributed by atoms with Crippen molar-refractivity contribution in [2.24, 2.45) is 5.92 Å². The average molecular weight is 583 g/mol. The number of carbonyl (C=O) groups is 2. The van der Waals surface area contributed by atoms with Gasteiger partial charge < -0.3 is 10.0 Å². The fraction of sp³-hybridized carbons (Fsp3) is 0.517. The van der Waals surface area contributed by atoms with E-state index in [1.807, 2.05) is 11.8 Å². The van der Waals surface area contributed by atoms with Gasteiger partial charge in [0, 0.05) is 56.3 Å². The summed E-state index contributed by atoms with van der Waals surface area (Å²) in [5.41, 5.74) is 0.885. The van der Waals surface area contributed by atoms with Crippen LogP contribution < -0.4 is 0 Å². The number of aliphatic carboxylic acids is 1. The highest BCUT2D eigenvalue weighted by atomic mass is 35.5. The van der Waals surface area contributed by atoms with Crippen molar-refractivity contribution in [2.75, 3.05) is 32.7 Å². The molecule has 0 saturated carbocycles. The molecule has 6 nitrogen and oxygen atoms in total. The molecule has 0 aliphatic carbocycles. The summed E-state index contributed by atoms with van der Waals surface area (Å²) in [4.78, 5) is 32.0. The minimum atomic E-state index is -0.948. The van der Waals surface area contributed by atoms with Crippen LogP contribution >= 0.6 is 23.2 Å². The molecule has 4 atom stereocenters. The number of rotatable bonds is 6. The van der Waals surface area contributed by atoms with Crippen molar-refractivity contribution in [1.82, 2.24) is 14.7 Å². The van der Waals surface area contributed by atoms with Gasteiger partial charge >= 0.3 is 5.97 Å². The normalized spacial score (nSPS) is 23.7. The van der Waals surface area contributed by atoms with E-state index in [1.165, 1.54) is 12.1 Å². The average Bonchev–Trinajstić information content (AvgIpc) is 3.30. The number of amides is 1. The molecule has 0 bridgehead atoms. The van der Waals surface area contributed by atoms with Gasteiger partial charge in [0.15, 0.2) is 0 Å². The highest BCUT2D eigenvalue weighted by Gasteiger charge is 2.45. The Balaban J connectivity index is 1.51. The summed E-state index contributed by atoms with van der Waals surface area (Å²) in [7, 11) is 0. The summed E-state index contributed by atoms with van der Waals surface area (Å²) >= 11 is 12.1. The zero-order valence-corrected chi connectivity index (χ0v) is 24.1. The van der Waals surface area contributed by atoms with Gasteiger partial charge in [0.25, 0.3) is 0 Å². The van der Waals surface area contributed by atoms with Crippen molar-refractivity contribution < 1.29 is 23.5 Å². The number of benzene rings is 2. The minimum absolute atomic E-state index is 0.0849. The van der Waals surface area contributed by atoms with Gasteiger partial charge in [-0.15, -0.1) is 0 Å². The van der Waals surface area contributed by atoms with E-state index in [-0.39, 0.29) is 23.9 Å². The Kier molecular flexibility index (Phi) is 8.91. The Morgan fingerprint density at radius 1 is 1.03 bits per heavy atom. The summed E-state index contributed by atoms with van der Waals surface area (Å²) in [6.07, 6.45) is 0.250. The largest absolute Gasteiger partial charge is 0.480 e. The topological polar surface area (TPSA) is 64.1 Å². The zero-order chi connectivity index (χ0) is 28.6. The van der Waals surface area contributed by atoms with Gasteiger partial charge in [-0.25, -0.2) is 8.78 Å². The molecule has 2 aliphatic heterocycles. The van der Waals surface area contributed by atoms with E-state index in [1.54, 1.807) is 23.1 Å². The Labute approximate surface area is 238 Å². The number of hydrogen-bond acceptors (Lipinski definition) is 4. The van der Waals surface area contributed by atoms with Gasteiger partial charge in [-0.3, -0.25) is 19.4 Å². The maximum Gasteiger partial charge on any atom is 0.321 e. The molecule has 0 radical (unpaired) electrons. The molecule has 2 aromatic rings. The summed E-state index contributed by atoms with van der Waals surface area (Å²) < 4.78 is 28.5. The molecule has 2 saturated heterocycles. The number of hydrogen-bond donors (Lipinski definition) is 1. The van der Waals surface area contributed by atoms with Crippen LogP contribution in [0.1, 0.15) is 44.7 Å². The molecule has 2 heterocycles. The van der Waals surface area contributed by atoms with Gasteiger partial charge in [0.1, 0.15) is 17.7 Å². The zero-order valence-electron chi connectivity index (χ0n) is 22.6. The lowest BCUT2D eigenvalue weighted by Gasteiger charge is -2.43. The van der Waals surface area contributed by atoms with Crippen LogP contribution in [0.2, 0.25) is 10.0 Å².